The van der Waals surface area contributed by atoms with Crippen molar-refractivity contribution in [3.05, 3.63) is 23.8 Å². The minimum Gasteiger partial charge on any atom is -0.490 e. The third-order valence-corrected chi connectivity index (χ3v) is 5.79. The summed E-state index contributed by atoms with van der Waals surface area (Å²) in [6.45, 7) is 6.78. The molecule has 0 radical (unpaired) electrons. The lowest BCUT2D eigenvalue weighted by Crippen LogP contribution is -2.47. The number of piperidine rings is 1. The highest BCUT2D eigenvalue weighted by Gasteiger charge is 2.25. The molecule has 0 bridgehead atoms. The predicted molar refractivity (Wildman–Crippen MR) is 118 cm³/mol. The molecule has 1 aromatic carbocycles. The summed E-state index contributed by atoms with van der Waals surface area (Å²) in [4.78, 5) is 27.6. The summed E-state index contributed by atoms with van der Waals surface area (Å²) in [6, 6.07) is 5.80. The molecule has 1 saturated heterocycles. The Morgan fingerprint density at radius 1 is 1.23 bits per heavy atom. The van der Waals surface area contributed by atoms with E-state index in [4.69, 9.17) is 9.47 Å². The minimum absolute atomic E-state index is 0.107. The maximum Gasteiger partial charge on any atom is 0.407 e. The fraction of sp³-hybridized carbons (Fsp3) is 0.652. The molecule has 31 heavy (non-hydrogen) atoms. The van der Waals surface area contributed by atoms with E-state index in [-0.39, 0.29) is 24.6 Å². The van der Waals surface area contributed by atoms with Crippen LogP contribution in [0.5, 0.6) is 5.75 Å². The van der Waals surface area contributed by atoms with Gasteiger partial charge in [-0.2, -0.15) is 0 Å². The van der Waals surface area contributed by atoms with E-state index in [1.807, 2.05) is 32.0 Å². The van der Waals surface area contributed by atoms with Crippen LogP contribution < -0.4 is 15.0 Å². The number of likely N-dealkylation sites (tertiary alicyclic amines) is 1. The molecule has 8 heteroatoms. The molecule has 1 aromatic rings. The van der Waals surface area contributed by atoms with Crippen LogP contribution in [0.1, 0.15) is 38.7 Å². The van der Waals surface area contributed by atoms with Crippen molar-refractivity contribution < 1.29 is 24.2 Å². The van der Waals surface area contributed by atoms with E-state index < -0.39 is 6.10 Å². The van der Waals surface area contributed by atoms with Crippen molar-refractivity contribution in [2.24, 2.45) is 5.92 Å². The standard InChI is InChI=1S/C23H35N3O5/c1-16(2)14-31-23(29)24-17-9-11-26(12-10-17)13-18(27)15-30-21-6-4-5-20-19(21)7-8-22(28)25(20)3/h4-6,16-18,27H,7-15H2,1-3H3,(H,24,29). The number of β-amino-alcohol motifs (C(OH)–C–C–N with tert-alkyl or cyclic N) is 1. The number of ether oxygens (including phenoxy) is 2. The molecule has 0 saturated carbocycles. The molecule has 8 nitrogen and oxygen atoms in total. The Morgan fingerprint density at radius 3 is 2.68 bits per heavy atom. The maximum atomic E-state index is 11.9. The van der Waals surface area contributed by atoms with Gasteiger partial charge in [0, 0.05) is 44.7 Å². The highest BCUT2D eigenvalue weighted by atomic mass is 16.5. The Hall–Kier alpha value is -2.32. The Morgan fingerprint density at radius 2 is 1.97 bits per heavy atom. The maximum absolute atomic E-state index is 11.9. The Kier molecular flexibility index (Phi) is 8.15. The molecule has 2 aliphatic heterocycles. The van der Waals surface area contributed by atoms with Gasteiger partial charge in [0.15, 0.2) is 0 Å². The number of nitrogens with one attached hydrogen (secondary N) is 1. The fourth-order valence-electron chi connectivity index (χ4n) is 4.04. The monoisotopic (exact) mass is 433 g/mol. The van der Waals surface area contributed by atoms with Crippen LogP contribution in [-0.4, -0.2) is 74.0 Å². The van der Waals surface area contributed by atoms with E-state index >= 15 is 0 Å². The third kappa shape index (κ3) is 6.58. The van der Waals surface area contributed by atoms with Crippen molar-refractivity contribution in [1.29, 1.82) is 0 Å². The Bertz CT molecular complexity index is 762. The van der Waals surface area contributed by atoms with Crippen molar-refractivity contribution in [2.75, 3.05) is 44.8 Å². The van der Waals surface area contributed by atoms with Crippen molar-refractivity contribution >= 4 is 17.7 Å². The van der Waals surface area contributed by atoms with Gasteiger partial charge >= 0.3 is 6.09 Å². The summed E-state index contributed by atoms with van der Waals surface area (Å²) in [7, 11) is 1.78. The molecule has 172 valence electrons. The van der Waals surface area contributed by atoms with E-state index in [0.717, 1.165) is 42.9 Å². The summed E-state index contributed by atoms with van der Waals surface area (Å²) in [6.07, 6.45) is 1.83. The van der Waals surface area contributed by atoms with Gasteiger partial charge in [-0.25, -0.2) is 4.79 Å². The molecule has 2 amide bonds. The van der Waals surface area contributed by atoms with Crippen molar-refractivity contribution in [3.8, 4) is 5.75 Å². The van der Waals surface area contributed by atoms with Crippen LogP contribution in [0.3, 0.4) is 0 Å². The van der Waals surface area contributed by atoms with Gasteiger partial charge in [-0.1, -0.05) is 19.9 Å². The summed E-state index contributed by atoms with van der Waals surface area (Å²) >= 11 is 0. The van der Waals surface area contributed by atoms with E-state index in [1.165, 1.54) is 0 Å². The average Bonchev–Trinajstić information content (AvgIpc) is 2.75. The molecule has 1 unspecified atom stereocenters. The van der Waals surface area contributed by atoms with Gasteiger partial charge in [-0.3, -0.25) is 4.79 Å². The first-order valence-electron chi connectivity index (χ1n) is 11.2. The summed E-state index contributed by atoms with van der Waals surface area (Å²) in [5.41, 5.74) is 1.90. The molecular formula is C23H35N3O5. The Balaban J connectivity index is 1.40. The van der Waals surface area contributed by atoms with Gasteiger partial charge in [-0.15, -0.1) is 0 Å². The second-order valence-electron chi connectivity index (χ2n) is 8.88. The predicted octanol–water partition coefficient (Wildman–Crippen LogP) is 2.18. The number of carbonyl (C=O) groups is 2. The lowest BCUT2D eigenvalue weighted by molar-refractivity contribution is -0.118. The number of fused-ring (bicyclic) bond motifs is 1. The number of carbonyl (C=O) groups excluding carboxylic acids is 2. The van der Waals surface area contributed by atoms with E-state index in [9.17, 15) is 14.7 Å². The van der Waals surface area contributed by atoms with E-state index in [2.05, 4.69) is 10.2 Å². The number of aliphatic hydroxyl groups is 1. The topological polar surface area (TPSA) is 91.3 Å². The van der Waals surface area contributed by atoms with Gasteiger partial charge in [0.2, 0.25) is 5.91 Å². The van der Waals surface area contributed by atoms with Crippen LogP contribution in [0.15, 0.2) is 18.2 Å². The number of anilines is 1. The fourth-order valence-corrected chi connectivity index (χ4v) is 4.04. The molecule has 2 heterocycles. The quantitative estimate of drug-likeness (QED) is 0.653. The summed E-state index contributed by atoms with van der Waals surface area (Å²) < 4.78 is 11.1. The first-order valence-corrected chi connectivity index (χ1v) is 11.2. The molecular weight excluding hydrogens is 398 g/mol. The van der Waals surface area contributed by atoms with E-state index in [1.54, 1.807) is 11.9 Å². The van der Waals surface area contributed by atoms with Gasteiger partial charge in [0.25, 0.3) is 0 Å². The van der Waals surface area contributed by atoms with Crippen molar-refractivity contribution in [2.45, 2.75) is 51.7 Å². The lowest BCUT2D eigenvalue weighted by Gasteiger charge is -2.33. The van der Waals surface area contributed by atoms with Crippen molar-refractivity contribution in [3.63, 3.8) is 0 Å². The smallest absolute Gasteiger partial charge is 0.407 e. The number of hydrogen-bond acceptors (Lipinski definition) is 6. The number of aliphatic hydroxyl groups excluding tert-OH is 1. The number of alkyl carbamates (subject to hydrolysis) is 1. The van der Waals surface area contributed by atoms with Gasteiger partial charge < -0.3 is 29.7 Å². The van der Waals surface area contributed by atoms with Gasteiger partial charge in [0.1, 0.15) is 18.5 Å². The molecule has 1 atom stereocenters. The number of amides is 2. The summed E-state index contributed by atoms with van der Waals surface area (Å²) in [5, 5.41) is 13.4. The normalized spacial score (nSPS) is 18.6. The molecule has 2 aliphatic rings. The molecule has 2 N–H and O–H groups in total. The number of rotatable bonds is 8. The zero-order valence-corrected chi connectivity index (χ0v) is 18.8. The number of hydrogen-bond donors (Lipinski definition) is 2. The SMILES string of the molecule is CC(C)COC(=O)NC1CCN(CC(O)COc2cccc3c2CCC(=O)N3C)CC1. The molecule has 0 aromatic heterocycles. The second-order valence-corrected chi connectivity index (χ2v) is 8.88. The largest absolute Gasteiger partial charge is 0.490 e. The first-order chi connectivity index (χ1) is 14.8. The van der Waals surface area contributed by atoms with Crippen LogP contribution in [0.25, 0.3) is 0 Å². The zero-order valence-electron chi connectivity index (χ0n) is 18.8. The van der Waals surface area contributed by atoms with Crippen LogP contribution in [0, 0.1) is 5.92 Å². The zero-order chi connectivity index (χ0) is 22.4. The van der Waals surface area contributed by atoms with Crippen molar-refractivity contribution in [1.82, 2.24) is 10.2 Å². The van der Waals surface area contributed by atoms with Crippen LogP contribution >= 0.6 is 0 Å². The van der Waals surface area contributed by atoms with Gasteiger partial charge in [-0.05, 0) is 37.3 Å². The van der Waals surface area contributed by atoms with E-state index in [0.29, 0.717) is 31.9 Å². The van der Waals surface area contributed by atoms with Crippen LogP contribution in [0.2, 0.25) is 0 Å². The minimum atomic E-state index is -0.612. The third-order valence-electron chi connectivity index (χ3n) is 5.79. The van der Waals surface area contributed by atoms with Crippen LogP contribution in [-0.2, 0) is 16.0 Å². The summed E-state index contributed by atoms with van der Waals surface area (Å²) in [5.74, 6) is 1.16. The molecule has 1 fully saturated rings. The highest BCUT2D eigenvalue weighted by molar-refractivity contribution is 5.96. The molecule has 0 spiro atoms. The lowest BCUT2D eigenvalue weighted by atomic mass is 10.0. The van der Waals surface area contributed by atoms with Gasteiger partial charge in [0.05, 0.1) is 12.3 Å². The first kappa shape index (κ1) is 23.3. The number of nitrogens with zero attached hydrogens (tertiary/aromatic N) is 2. The second kappa shape index (κ2) is 10.8. The Labute approximate surface area is 184 Å². The highest BCUT2D eigenvalue weighted by Crippen LogP contribution is 2.34. The van der Waals surface area contributed by atoms with Crippen LogP contribution in [0.4, 0.5) is 10.5 Å². The molecule has 0 aliphatic carbocycles. The average molecular weight is 434 g/mol. The molecule has 3 rings (SSSR count). The number of benzene rings is 1.